The third kappa shape index (κ3) is 4.95. The molecule has 0 aromatic rings. The fourth-order valence-electron chi connectivity index (χ4n) is 2.77. The van der Waals surface area contributed by atoms with Crippen molar-refractivity contribution in [1.82, 2.24) is 9.21 Å². The zero-order valence-corrected chi connectivity index (χ0v) is 16.0. The van der Waals surface area contributed by atoms with Crippen molar-refractivity contribution in [2.45, 2.75) is 26.7 Å². The molecule has 0 saturated carbocycles. The standard InChI is InChI=1S/C13H26N4O2S.HI/c1-3-20(18,19)17-9-12(10-17)7-15-13(14)16-6-4-5-11(2)8-16;/h11-12H,3-10H2,1-2H3,(H2,14,15);1H. The van der Waals surface area contributed by atoms with E-state index in [0.717, 1.165) is 13.1 Å². The van der Waals surface area contributed by atoms with Gasteiger partial charge in [-0.2, -0.15) is 0 Å². The quantitative estimate of drug-likeness (QED) is 0.409. The summed E-state index contributed by atoms with van der Waals surface area (Å²) in [5, 5.41) is 0. The third-order valence-electron chi connectivity index (χ3n) is 4.17. The Morgan fingerprint density at radius 3 is 2.57 bits per heavy atom. The van der Waals surface area contributed by atoms with E-state index in [1.165, 1.54) is 17.1 Å². The Morgan fingerprint density at radius 1 is 1.33 bits per heavy atom. The average Bonchev–Trinajstić information content (AvgIpc) is 2.36. The maximum Gasteiger partial charge on any atom is 0.213 e. The van der Waals surface area contributed by atoms with Crippen molar-refractivity contribution in [3.8, 4) is 0 Å². The van der Waals surface area contributed by atoms with Crippen LogP contribution in [-0.2, 0) is 10.0 Å². The van der Waals surface area contributed by atoms with Gasteiger partial charge in [0.25, 0.3) is 0 Å². The monoisotopic (exact) mass is 430 g/mol. The molecule has 0 aliphatic carbocycles. The summed E-state index contributed by atoms with van der Waals surface area (Å²) in [7, 11) is -3.02. The summed E-state index contributed by atoms with van der Waals surface area (Å²) < 4.78 is 24.7. The first kappa shape index (κ1) is 19.0. The van der Waals surface area contributed by atoms with Crippen LogP contribution in [0.4, 0.5) is 0 Å². The van der Waals surface area contributed by atoms with Gasteiger partial charge in [-0.05, 0) is 25.7 Å². The maximum absolute atomic E-state index is 11.6. The molecule has 2 fully saturated rings. The van der Waals surface area contributed by atoms with Crippen molar-refractivity contribution in [3.63, 3.8) is 0 Å². The van der Waals surface area contributed by atoms with E-state index in [2.05, 4.69) is 16.8 Å². The molecule has 2 saturated heterocycles. The molecule has 0 bridgehead atoms. The zero-order chi connectivity index (χ0) is 14.8. The topological polar surface area (TPSA) is 79.0 Å². The van der Waals surface area contributed by atoms with Gasteiger partial charge in [-0.1, -0.05) is 6.92 Å². The van der Waals surface area contributed by atoms with Crippen molar-refractivity contribution in [2.75, 3.05) is 38.5 Å². The number of rotatable bonds is 4. The fourth-order valence-corrected chi connectivity index (χ4v) is 4.01. The molecule has 0 radical (unpaired) electrons. The highest BCUT2D eigenvalue weighted by Crippen LogP contribution is 2.20. The van der Waals surface area contributed by atoms with E-state index in [-0.39, 0.29) is 29.7 Å². The highest BCUT2D eigenvalue weighted by Gasteiger charge is 2.34. The summed E-state index contributed by atoms with van der Waals surface area (Å²) in [5.41, 5.74) is 6.03. The summed E-state index contributed by atoms with van der Waals surface area (Å²) in [6.45, 7) is 7.69. The smallest absolute Gasteiger partial charge is 0.213 e. The molecular formula is C13H27IN4O2S. The summed E-state index contributed by atoms with van der Waals surface area (Å²) in [4.78, 5) is 6.59. The molecule has 21 heavy (non-hydrogen) atoms. The molecule has 1 unspecified atom stereocenters. The molecule has 8 heteroatoms. The van der Waals surface area contributed by atoms with Gasteiger partial charge < -0.3 is 10.6 Å². The summed E-state index contributed by atoms with van der Waals surface area (Å²) in [5.74, 6) is 1.79. The number of halogens is 1. The lowest BCUT2D eigenvalue weighted by atomic mass is 10.0. The van der Waals surface area contributed by atoms with E-state index in [4.69, 9.17) is 5.73 Å². The van der Waals surface area contributed by atoms with E-state index in [9.17, 15) is 8.42 Å². The number of piperidine rings is 1. The zero-order valence-electron chi connectivity index (χ0n) is 12.9. The first-order valence-corrected chi connectivity index (χ1v) is 9.06. The van der Waals surface area contributed by atoms with Gasteiger partial charge in [0.1, 0.15) is 0 Å². The molecule has 1 atom stereocenters. The van der Waals surface area contributed by atoms with Crippen LogP contribution in [-0.4, -0.2) is 62.1 Å². The second-order valence-electron chi connectivity index (χ2n) is 5.98. The largest absolute Gasteiger partial charge is 0.370 e. The molecule has 2 heterocycles. The summed E-state index contributed by atoms with van der Waals surface area (Å²) in [6, 6.07) is 0. The molecule has 0 amide bonds. The number of nitrogens with two attached hydrogens (primary N) is 1. The van der Waals surface area contributed by atoms with Crippen LogP contribution < -0.4 is 5.73 Å². The maximum atomic E-state index is 11.6. The minimum atomic E-state index is -3.02. The van der Waals surface area contributed by atoms with Crippen LogP contribution in [0.2, 0.25) is 0 Å². The van der Waals surface area contributed by atoms with Crippen LogP contribution in [0.1, 0.15) is 26.7 Å². The Labute approximate surface area is 145 Å². The lowest BCUT2D eigenvalue weighted by Crippen LogP contribution is -2.52. The molecule has 124 valence electrons. The average molecular weight is 430 g/mol. The van der Waals surface area contributed by atoms with Gasteiger partial charge in [-0.25, -0.2) is 12.7 Å². The van der Waals surface area contributed by atoms with Gasteiger partial charge in [-0.3, -0.25) is 4.99 Å². The SMILES string of the molecule is CCS(=O)(=O)N1CC(CN=C(N)N2CCCC(C)C2)C1.I. The number of sulfonamides is 1. The van der Waals surface area contributed by atoms with Crippen LogP contribution in [0, 0.1) is 11.8 Å². The van der Waals surface area contributed by atoms with Crippen molar-refractivity contribution in [2.24, 2.45) is 22.6 Å². The molecule has 0 spiro atoms. The van der Waals surface area contributed by atoms with Gasteiger partial charge in [0.2, 0.25) is 10.0 Å². The number of likely N-dealkylation sites (tertiary alicyclic amines) is 1. The van der Waals surface area contributed by atoms with Gasteiger partial charge >= 0.3 is 0 Å². The highest BCUT2D eigenvalue weighted by atomic mass is 127. The minimum absolute atomic E-state index is 0. The van der Waals surface area contributed by atoms with Crippen molar-refractivity contribution < 1.29 is 8.42 Å². The highest BCUT2D eigenvalue weighted by molar-refractivity contribution is 14.0. The molecule has 2 rings (SSSR count). The first-order chi connectivity index (χ1) is 9.42. The Balaban J connectivity index is 0.00000220. The Bertz CT molecular complexity index is 463. The normalized spacial score (nSPS) is 25.3. The van der Waals surface area contributed by atoms with E-state index in [1.54, 1.807) is 6.92 Å². The summed E-state index contributed by atoms with van der Waals surface area (Å²) >= 11 is 0. The van der Waals surface area contributed by atoms with Crippen molar-refractivity contribution in [3.05, 3.63) is 0 Å². The molecule has 2 N–H and O–H groups in total. The predicted molar refractivity (Wildman–Crippen MR) is 96.4 cm³/mol. The first-order valence-electron chi connectivity index (χ1n) is 7.45. The minimum Gasteiger partial charge on any atom is -0.370 e. The van der Waals surface area contributed by atoms with Crippen LogP contribution in [0.5, 0.6) is 0 Å². The van der Waals surface area contributed by atoms with Crippen LogP contribution in [0.15, 0.2) is 4.99 Å². The van der Waals surface area contributed by atoms with Gasteiger partial charge in [-0.15, -0.1) is 24.0 Å². The van der Waals surface area contributed by atoms with E-state index < -0.39 is 10.0 Å². The van der Waals surface area contributed by atoms with Crippen LogP contribution >= 0.6 is 24.0 Å². The Hall–Kier alpha value is -0.0900. The van der Waals surface area contributed by atoms with E-state index >= 15 is 0 Å². The number of aliphatic imine (C=N–C) groups is 1. The number of hydrogen-bond acceptors (Lipinski definition) is 3. The molecule has 0 aromatic carbocycles. The van der Waals surface area contributed by atoms with Crippen molar-refractivity contribution >= 4 is 40.0 Å². The predicted octanol–water partition coefficient (Wildman–Crippen LogP) is 0.932. The van der Waals surface area contributed by atoms with Crippen LogP contribution in [0.25, 0.3) is 0 Å². The molecule has 6 nitrogen and oxygen atoms in total. The lowest BCUT2D eigenvalue weighted by molar-refractivity contribution is 0.206. The van der Waals surface area contributed by atoms with E-state index in [1.807, 2.05) is 0 Å². The van der Waals surface area contributed by atoms with Gasteiger partial charge in [0, 0.05) is 38.6 Å². The molecule has 2 aliphatic heterocycles. The molecular weight excluding hydrogens is 403 g/mol. The lowest BCUT2D eigenvalue weighted by Gasteiger charge is -2.37. The molecule has 2 aliphatic rings. The van der Waals surface area contributed by atoms with Gasteiger partial charge in [0.15, 0.2) is 5.96 Å². The number of hydrogen-bond donors (Lipinski definition) is 1. The number of nitrogens with zero attached hydrogens (tertiary/aromatic N) is 3. The van der Waals surface area contributed by atoms with Gasteiger partial charge in [0.05, 0.1) is 5.75 Å². The summed E-state index contributed by atoms with van der Waals surface area (Å²) in [6.07, 6.45) is 2.43. The van der Waals surface area contributed by atoms with E-state index in [0.29, 0.717) is 37.4 Å². The second-order valence-corrected chi connectivity index (χ2v) is 8.23. The number of guanidine groups is 1. The molecule has 0 aromatic heterocycles. The second kappa shape index (κ2) is 7.96. The fraction of sp³-hybridized carbons (Fsp3) is 0.923. The third-order valence-corrected chi connectivity index (χ3v) is 5.99. The van der Waals surface area contributed by atoms with Crippen LogP contribution in [0.3, 0.4) is 0 Å². The Kier molecular flexibility index (Phi) is 7.18. The Morgan fingerprint density at radius 2 is 2.00 bits per heavy atom. The van der Waals surface area contributed by atoms with Crippen molar-refractivity contribution in [1.29, 1.82) is 0 Å².